The third-order valence-electron chi connectivity index (χ3n) is 5.84. The molecule has 0 spiro atoms. The lowest BCUT2D eigenvalue weighted by Crippen LogP contribution is -2.75. The van der Waals surface area contributed by atoms with Crippen molar-refractivity contribution in [3.8, 4) is 0 Å². The molecule has 4 nitrogen and oxygen atoms in total. The van der Waals surface area contributed by atoms with Crippen LogP contribution in [0.4, 0.5) is 0 Å². The van der Waals surface area contributed by atoms with Gasteiger partial charge in [0.05, 0.1) is 6.61 Å². The molecule has 1 unspecified atom stereocenters. The fourth-order valence-corrected chi connectivity index (χ4v) is 4.29. The van der Waals surface area contributed by atoms with E-state index in [0.717, 1.165) is 17.6 Å². The van der Waals surface area contributed by atoms with Gasteiger partial charge in [0.1, 0.15) is 58.5 Å². The van der Waals surface area contributed by atoms with E-state index in [0.29, 0.717) is 6.61 Å². The Hall–Kier alpha value is -1.20. The lowest BCUT2D eigenvalue weighted by Gasteiger charge is -2.56. The number of methoxy groups -OCH3 is 1. The van der Waals surface area contributed by atoms with E-state index < -0.39 is 0 Å². The molecule has 3 fully saturated rings. The van der Waals surface area contributed by atoms with Crippen molar-refractivity contribution >= 4 is 6.08 Å². The van der Waals surface area contributed by atoms with Crippen LogP contribution in [-0.2, 0) is 11.3 Å². The fraction of sp³-hybridized carbons (Fsp3) is 0.579. The molecule has 3 aliphatic rings. The molecule has 0 aromatic heterocycles. The first kappa shape index (κ1) is 16.7. The predicted octanol–water partition coefficient (Wildman–Crippen LogP) is 1.50. The van der Waals surface area contributed by atoms with Gasteiger partial charge in [0.15, 0.2) is 0 Å². The zero-order chi connectivity index (χ0) is 16.3. The van der Waals surface area contributed by atoms with Gasteiger partial charge in [0.2, 0.25) is 0 Å². The van der Waals surface area contributed by atoms with Crippen LogP contribution in [0.1, 0.15) is 11.1 Å². The van der Waals surface area contributed by atoms with Crippen molar-refractivity contribution in [3.63, 3.8) is 0 Å². The van der Waals surface area contributed by atoms with Gasteiger partial charge in [-0.25, -0.2) is 0 Å². The highest BCUT2D eigenvalue weighted by Crippen LogP contribution is 2.29. The van der Waals surface area contributed by atoms with E-state index in [2.05, 4.69) is 30.8 Å². The van der Waals surface area contributed by atoms with Crippen LogP contribution in [0, 0.1) is 0 Å². The van der Waals surface area contributed by atoms with E-state index >= 15 is 0 Å². The Kier molecular flexibility index (Phi) is 4.87. The van der Waals surface area contributed by atoms with Crippen molar-refractivity contribution < 1.29 is 18.8 Å². The van der Waals surface area contributed by atoms with Crippen LogP contribution in [0.5, 0.6) is 0 Å². The SMILES string of the molecule is C=Cc1ccc(C[N+]23CC[N+](CC(O)COC)(CC2)CC3)cc1. The highest BCUT2D eigenvalue weighted by molar-refractivity contribution is 5.47. The second-order valence-electron chi connectivity index (χ2n) is 7.42. The molecule has 3 aliphatic heterocycles. The van der Waals surface area contributed by atoms with Gasteiger partial charge >= 0.3 is 0 Å². The Morgan fingerprint density at radius 1 is 1.09 bits per heavy atom. The number of hydrogen-bond donors (Lipinski definition) is 1. The van der Waals surface area contributed by atoms with Crippen LogP contribution < -0.4 is 0 Å². The molecule has 126 valence electrons. The third kappa shape index (κ3) is 3.66. The van der Waals surface area contributed by atoms with Crippen molar-refractivity contribution in [2.75, 3.05) is 59.5 Å². The second kappa shape index (κ2) is 6.73. The number of quaternary nitrogens is 2. The molecular weight excluding hydrogens is 288 g/mol. The fourth-order valence-electron chi connectivity index (χ4n) is 4.29. The molecule has 3 heterocycles. The van der Waals surface area contributed by atoms with E-state index in [-0.39, 0.29) is 6.10 Å². The summed E-state index contributed by atoms with van der Waals surface area (Å²) in [4.78, 5) is 0. The molecule has 1 aromatic rings. The van der Waals surface area contributed by atoms with Crippen LogP contribution in [0.15, 0.2) is 30.8 Å². The quantitative estimate of drug-likeness (QED) is 0.772. The number of ether oxygens (including phenoxy) is 1. The predicted molar refractivity (Wildman–Crippen MR) is 92.7 cm³/mol. The number of aliphatic hydroxyl groups is 1. The van der Waals surface area contributed by atoms with Crippen LogP contribution >= 0.6 is 0 Å². The average molecular weight is 318 g/mol. The van der Waals surface area contributed by atoms with Crippen molar-refractivity contribution in [1.29, 1.82) is 0 Å². The summed E-state index contributed by atoms with van der Waals surface area (Å²) in [7, 11) is 1.66. The Labute approximate surface area is 139 Å². The number of piperazine rings is 3. The molecule has 0 radical (unpaired) electrons. The number of hydrogen-bond acceptors (Lipinski definition) is 2. The molecule has 4 rings (SSSR count). The van der Waals surface area contributed by atoms with Gasteiger partial charge < -0.3 is 18.8 Å². The smallest absolute Gasteiger partial charge is 0.129 e. The Balaban J connectivity index is 1.61. The van der Waals surface area contributed by atoms with E-state index in [9.17, 15) is 5.11 Å². The molecule has 0 amide bonds. The summed E-state index contributed by atoms with van der Waals surface area (Å²) >= 11 is 0. The number of aliphatic hydroxyl groups excluding tert-OH is 1. The maximum atomic E-state index is 10.1. The van der Waals surface area contributed by atoms with E-state index in [4.69, 9.17) is 4.74 Å². The first-order valence-corrected chi connectivity index (χ1v) is 8.67. The molecule has 3 saturated heterocycles. The van der Waals surface area contributed by atoms with Crippen LogP contribution in [-0.4, -0.2) is 79.7 Å². The zero-order valence-electron chi connectivity index (χ0n) is 14.3. The minimum Gasteiger partial charge on any atom is -0.385 e. The van der Waals surface area contributed by atoms with E-state index in [1.165, 1.54) is 54.9 Å². The third-order valence-corrected chi connectivity index (χ3v) is 5.84. The molecule has 2 bridgehead atoms. The van der Waals surface area contributed by atoms with E-state index in [1.54, 1.807) is 7.11 Å². The lowest BCUT2D eigenvalue weighted by molar-refractivity contribution is -1.09. The maximum Gasteiger partial charge on any atom is 0.129 e. The monoisotopic (exact) mass is 318 g/mol. The first-order chi connectivity index (χ1) is 11.1. The van der Waals surface area contributed by atoms with Gasteiger partial charge in [0.25, 0.3) is 0 Å². The van der Waals surface area contributed by atoms with Gasteiger partial charge in [-0.3, -0.25) is 0 Å². The normalized spacial score (nSPS) is 31.0. The van der Waals surface area contributed by atoms with Crippen LogP contribution in [0.3, 0.4) is 0 Å². The molecular formula is C19H30N2O2+2. The summed E-state index contributed by atoms with van der Waals surface area (Å²) < 4.78 is 7.39. The maximum absolute atomic E-state index is 10.1. The van der Waals surface area contributed by atoms with E-state index in [1.807, 2.05) is 6.08 Å². The number of benzene rings is 1. The standard InChI is InChI=1S/C19H30N2O2/c1-3-17-4-6-18(7-5-17)14-20-8-11-21(12-9-20,13-10-20)15-19(22)16-23-2/h3-7,19,22H,1,8-16H2,2H3/q+2. The first-order valence-electron chi connectivity index (χ1n) is 8.67. The van der Waals surface area contributed by atoms with Crippen LogP contribution in [0.2, 0.25) is 0 Å². The highest BCUT2D eigenvalue weighted by Gasteiger charge is 2.49. The Bertz CT molecular complexity index is 516. The van der Waals surface area contributed by atoms with Crippen molar-refractivity contribution in [2.24, 2.45) is 0 Å². The molecule has 0 aliphatic carbocycles. The Morgan fingerprint density at radius 3 is 2.17 bits per heavy atom. The molecule has 1 N–H and O–H groups in total. The summed E-state index contributed by atoms with van der Waals surface area (Å²) in [5.74, 6) is 0. The molecule has 0 saturated carbocycles. The summed E-state index contributed by atoms with van der Waals surface area (Å²) in [6.45, 7) is 13.5. The van der Waals surface area contributed by atoms with Crippen molar-refractivity contribution in [2.45, 2.75) is 12.6 Å². The number of nitrogens with zero attached hydrogens (tertiary/aromatic N) is 2. The number of fused-ring (bicyclic) bond motifs is 3. The Morgan fingerprint density at radius 2 is 1.65 bits per heavy atom. The molecule has 1 atom stereocenters. The topological polar surface area (TPSA) is 29.5 Å². The summed E-state index contributed by atoms with van der Waals surface area (Å²) in [5, 5.41) is 10.1. The van der Waals surface area contributed by atoms with Gasteiger partial charge in [-0.05, 0) is 5.56 Å². The summed E-state index contributed by atoms with van der Waals surface area (Å²) in [5.41, 5.74) is 2.62. The largest absolute Gasteiger partial charge is 0.385 e. The molecule has 23 heavy (non-hydrogen) atoms. The lowest BCUT2D eigenvalue weighted by atomic mass is 10.0. The van der Waals surface area contributed by atoms with Gasteiger partial charge in [-0.2, -0.15) is 0 Å². The second-order valence-corrected chi connectivity index (χ2v) is 7.42. The minimum absolute atomic E-state index is 0.329. The summed E-state index contributed by atoms with van der Waals surface area (Å²) in [6, 6.07) is 8.82. The highest BCUT2D eigenvalue weighted by atomic mass is 16.5. The zero-order valence-corrected chi connectivity index (χ0v) is 14.3. The van der Waals surface area contributed by atoms with Crippen LogP contribution in [0.25, 0.3) is 6.08 Å². The van der Waals surface area contributed by atoms with Gasteiger partial charge in [-0.1, -0.05) is 36.9 Å². The minimum atomic E-state index is -0.329. The summed E-state index contributed by atoms with van der Waals surface area (Å²) in [6.07, 6.45) is 1.57. The van der Waals surface area contributed by atoms with Gasteiger partial charge in [0, 0.05) is 12.7 Å². The van der Waals surface area contributed by atoms with Gasteiger partial charge in [-0.15, -0.1) is 0 Å². The van der Waals surface area contributed by atoms with Crippen molar-refractivity contribution in [3.05, 3.63) is 42.0 Å². The average Bonchev–Trinajstić information content (AvgIpc) is 2.57. The molecule has 4 heteroatoms. The number of rotatable bonds is 7. The molecule has 1 aromatic carbocycles. The van der Waals surface area contributed by atoms with Crippen molar-refractivity contribution in [1.82, 2.24) is 0 Å².